The number of nitrogen functional groups attached to an aromatic ring is 1. The van der Waals surface area contributed by atoms with Crippen LogP contribution in [0.5, 0.6) is 0 Å². The Morgan fingerprint density at radius 2 is 1.10 bits per heavy atom. The summed E-state index contributed by atoms with van der Waals surface area (Å²) in [5.74, 6) is 0.105. The molecule has 8 aromatic rings. The van der Waals surface area contributed by atoms with Crippen LogP contribution in [0.3, 0.4) is 0 Å². The molecule has 188 valence electrons. The van der Waals surface area contributed by atoms with Gasteiger partial charge in [0.15, 0.2) is 0 Å². The van der Waals surface area contributed by atoms with Gasteiger partial charge in [0.25, 0.3) is 0 Å². The van der Waals surface area contributed by atoms with Crippen molar-refractivity contribution >= 4 is 69.7 Å². The standard InChI is InChI=1S/C37H24N2S/c38-37(39)31-10-5-11-35-36(31)33-21-25(16-19-34(33)40-35)28-18-17-27(29-8-3-4-9-30(28)29)24-15-14-23-13-12-22-6-1-2-7-26(22)32(23)20-24/h1-21H,(H3,38,39). The molecule has 8 rings (SSSR count). The number of amidine groups is 1. The predicted molar refractivity (Wildman–Crippen MR) is 174 cm³/mol. The number of rotatable bonds is 3. The van der Waals surface area contributed by atoms with Crippen LogP contribution in [-0.4, -0.2) is 5.84 Å². The van der Waals surface area contributed by atoms with Crippen LogP contribution in [0.25, 0.3) is 74.7 Å². The quantitative estimate of drug-likeness (QED) is 0.134. The van der Waals surface area contributed by atoms with Crippen LogP contribution in [0, 0.1) is 5.41 Å². The van der Waals surface area contributed by atoms with Gasteiger partial charge in [0.05, 0.1) is 0 Å². The third-order valence-corrected chi connectivity index (χ3v) is 9.21. The number of nitrogens with one attached hydrogen (secondary N) is 1. The molecule has 7 aromatic carbocycles. The van der Waals surface area contributed by atoms with Gasteiger partial charge in [-0.05, 0) is 78.8 Å². The Bertz CT molecular complexity index is 2310. The molecule has 3 N–H and O–H groups in total. The van der Waals surface area contributed by atoms with Crippen molar-refractivity contribution in [1.29, 1.82) is 5.41 Å². The third-order valence-electron chi connectivity index (χ3n) is 8.08. The van der Waals surface area contributed by atoms with E-state index in [1.807, 2.05) is 12.1 Å². The summed E-state index contributed by atoms with van der Waals surface area (Å²) in [4.78, 5) is 0. The molecule has 0 radical (unpaired) electrons. The largest absolute Gasteiger partial charge is 0.384 e. The first-order valence-electron chi connectivity index (χ1n) is 13.4. The zero-order valence-corrected chi connectivity index (χ0v) is 22.4. The minimum absolute atomic E-state index is 0.105. The minimum Gasteiger partial charge on any atom is -0.384 e. The van der Waals surface area contributed by atoms with E-state index in [0.717, 1.165) is 26.6 Å². The first-order valence-corrected chi connectivity index (χ1v) is 14.2. The van der Waals surface area contributed by atoms with Crippen molar-refractivity contribution in [1.82, 2.24) is 0 Å². The minimum atomic E-state index is 0.105. The molecular formula is C37H24N2S. The molecule has 0 aliphatic heterocycles. The van der Waals surface area contributed by atoms with E-state index in [9.17, 15) is 0 Å². The molecule has 0 atom stereocenters. The van der Waals surface area contributed by atoms with Gasteiger partial charge in [-0.3, -0.25) is 5.41 Å². The molecule has 0 bridgehead atoms. The number of hydrogen-bond donors (Lipinski definition) is 2. The van der Waals surface area contributed by atoms with E-state index in [-0.39, 0.29) is 5.84 Å². The highest BCUT2D eigenvalue weighted by molar-refractivity contribution is 7.25. The Balaban J connectivity index is 1.34. The summed E-state index contributed by atoms with van der Waals surface area (Å²) in [6, 6.07) is 45.8. The van der Waals surface area contributed by atoms with Crippen molar-refractivity contribution in [2.45, 2.75) is 0 Å². The second kappa shape index (κ2) is 8.77. The van der Waals surface area contributed by atoms with E-state index in [2.05, 4.69) is 115 Å². The van der Waals surface area contributed by atoms with Gasteiger partial charge in [-0.1, -0.05) is 103 Å². The van der Waals surface area contributed by atoms with Crippen LogP contribution in [0.2, 0.25) is 0 Å². The van der Waals surface area contributed by atoms with Crippen molar-refractivity contribution in [3.63, 3.8) is 0 Å². The summed E-state index contributed by atoms with van der Waals surface area (Å²) in [5, 5.41) is 17.9. The van der Waals surface area contributed by atoms with E-state index < -0.39 is 0 Å². The topological polar surface area (TPSA) is 49.9 Å². The lowest BCUT2D eigenvalue weighted by Gasteiger charge is -2.14. The van der Waals surface area contributed by atoms with Gasteiger partial charge >= 0.3 is 0 Å². The second-order valence-electron chi connectivity index (χ2n) is 10.3. The molecule has 0 spiro atoms. The van der Waals surface area contributed by atoms with Gasteiger partial charge in [0.1, 0.15) is 5.84 Å². The predicted octanol–water partition coefficient (Wildman–Crippen LogP) is 10.1. The maximum atomic E-state index is 8.14. The van der Waals surface area contributed by atoms with Crippen LogP contribution in [0.15, 0.2) is 127 Å². The monoisotopic (exact) mass is 528 g/mol. The summed E-state index contributed by atoms with van der Waals surface area (Å²) in [6.45, 7) is 0. The first kappa shape index (κ1) is 22.9. The molecule has 1 aromatic heterocycles. The van der Waals surface area contributed by atoms with Gasteiger partial charge in [-0.2, -0.15) is 0 Å². The molecular weight excluding hydrogens is 504 g/mol. The molecule has 2 nitrogen and oxygen atoms in total. The van der Waals surface area contributed by atoms with Crippen LogP contribution in [-0.2, 0) is 0 Å². The Morgan fingerprint density at radius 1 is 0.500 bits per heavy atom. The summed E-state index contributed by atoms with van der Waals surface area (Å²) < 4.78 is 2.36. The first-order chi connectivity index (χ1) is 19.7. The number of benzene rings is 7. The zero-order valence-electron chi connectivity index (χ0n) is 21.6. The van der Waals surface area contributed by atoms with Crippen molar-refractivity contribution in [2.24, 2.45) is 5.73 Å². The zero-order chi connectivity index (χ0) is 26.8. The van der Waals surface area contributed by atoms with E-state index in [0.29, 0.717) is 0 Å². The van der Waals surface area contributed by atoms with E-state index in [1.54, 1.807) is 11.3 Å². The maximum absolute atomic E-state index is 8.14. The SMILES string of the molecule is N=C(N)c1cccc2sc3ccc(-c4ccc(-c5ccc6ccc7ccccc7c6c5)c5ccccc45)cc3c12. The van der Waals surface area contributed by atoms with Crippen molar-refractivity contribution < 1.29 is 0 Å². The van der Waals surface area contributed by atoms with Crippen LogP contribution >= 0.6 is 11.3 Å². The third kappa shape index (κ3) is 3.45. The van der Waals surface area contributed by atoms with Crippen LogP contribution in [0.1, 0.15) is 5.56 Å². The van der Waals surface area contributed by atoms with E-state index in [4.69, 9.17) is 11.1 Å². The molecule has 0 fully saturated rings. The lowest BCUT2D eigenvalue weighted by molar-refractivity contribution is 1.44. The summed E-state index contributed by atoms with van der Waals surface area (Å²) in [5.41, 5.74) is 11.6. The fraction of sp³-hybridized carbons (Fsp3) is 0. The molecule has 0 aliphatic carbocycles. The number of fused-ring (bicyclic) bond motifs is 7. The average molecular weight is 529 g/mol. The Hall–Kier alpha value is -4.99. The van der Waals surface area contributed by atoms with Crippen molar-refractivity contribution in [3.8, 4) is 22.3 Å². The van der Waals surface area contributed by atoms with Gasteiger partial charge in [0.2, 0.25) is 0 Å². The average Bonchev–Trinajstić information content (AvgIpc) is 3.38. The normalized spacial score (nSPS) is 11.7. The lowest BCUT2D eigenvalue weighted by atomic mass is 9.90. The fourth-order valence-electron chi connectivity index (χ4n) is 6.19. The fourth-order valence-corrected chi connectivity index (χ4v) is 7.30. The number of hydrogen-bond acceptors (Lipinski definition) is 2. The number of thiophene rings is 1. The highest BCUT2D eigenvalue weighted by atomic mass is 32.1. The highest BCUT2D eigenvalue weighted by Crippen LogP contribution is 2.41. The van der Waals surface area contributed by atoms with Crippen molar-refractivity contribution in [3.05, 3.63) is 133 Å². The van der Waals surface area contributed by atoms with E-state index in [1.165, 1.54) is 53.7 Å². The Morgan fingerprint density at radius 3 is 1.82 bits per heavy atom. The van der Waals surface area contributed by atoms with Crippen molar-refractivity contribution in [2.75, 3.05) is 0 Å². The molecule has 0 saturated heterocycles. The van der Waals surface area contributed by atoms with E-state index >= 15 is 0 Å². The summed E-state index contributed by atoms with van der Waals surface area (Å²) in [7, 11) is 0. The molecule has 3 heteroatoms. The maximum Gasteiger partial charge on any atom is 0.123 e. The molecule has 0 aliphatic rings. The van der Waals surface area contributed by atoms with Gasteiger partial charge < -0.3 is 5.73 Å². The van der Waals surface area contributed by atoms with Gasteiger partial charge in [-0.15, -0.1) is 11.3 Å². The second-order valence-corrected chi connectivity index (χ2v) is 11.4. The van der Waals surface area contributed by atoms with Crippen LogP contribution in [0.4, 0.5) is 0 Å². The summed E-state index contributed by atoms with van der Waals surface area (Å²) >= 11 is 1.75. The molecule has 40 heavy (non-hydrogen) atoms. The molecule has 0 amide bonds. The number of nitrogens with two attached hydrogens (primary N) is 1. The summed E-state index contributed by atoms with van der Waals surface area (Å²) in [6.07, 6.45) is 0. The Labute approximate surface area is 235 Å². The molecule has 0 unspecified atom stereocenters. The Kier molecular flexibility index (Phi) is 5.03. The smallest absolute Gasteiger partial charge is 0.123 e. The molecule has 1 heterocycles. The van der Waals surface area contributed by atoms with Gasteiger partial charge in [0, 0.05) is 25.7 Å². The molecule has 0 saturated carbocycles. The lowest BCUT2D eigenvalue weighted by Crippen LogP contribution is -2.10. The van der Waals surface area contributed by atoms with Crippen LogP contribution < -0.4 is 5.73 Å². The van der Waals surface area contributed by atoms with Gasteiger partial charge in [-0.25, -0.2) is 0 Å². The highest BCUT2D eigenvalue weighted by Gasteiger charge is 2.15.